The van der Waals surface area contributed by atoms with Gasteiger partial charge in [-0.15, -0.1) is 0 Å². The van der Waals surface area contributed by atoms with Crippen molar-refractivity contribution < 1.29 is 14.3 Å². The summed E-state index contributed by atoms with van der Waals surface area (Å²) < 4.78 is 5.34. The van der Waals surface area contributed by atoms with Gasteiger partial charge in [-0.05, 0) is 33.6 Å². The fourth-order valence-electron chi connectivity index (χ4n) is 3.14. The number of nitrogens with zero attached hydrogens (tertiary/aromatic N) is 1. The van der Waals surface area contributed by atoms with Gasteiger partial charge in [0.25, 0.3) is 0 Å². The monoisotopic (exact) mass is 368 g/mol. The van der Waals surface area contributed by atoms with Crippen molar-refractivity contribution in [3.63, 3.8) is 0 Å². The van der Waals surface area contributed by atoms with Gasteiger partial charge < -0.3 is 10.1 Å². The summed E-state index contributed by atoms with van der Waals surface area (Å²) in [4.78, 5) is 25.8. The van der Waals surface area contributed by atoms with Crippen molar-refractivity contribution in [1.82, 2.24) is 10.2 Å². The van der Waals surface area contributed by atoms with Crippen molar-refractivity contribution in [2.24, 2.45) is 0 Å². The molecule has 152 valence electrons. The molecule has 2 amide bonds. The van der Waals surface area contributed by atoms with Gasteiger partial charge in [-0.1, -0.05) is 64.7 Å². The summed E-state index contributed by atoms with van der Waals surface area (Å²) in [6.45, 7) is 9.07. The molecule has 1 fully saturated rings. The molecular formula is C21H40N2O3. The first-order valence-corrected chi connectivity index (χ1v) is 10.6. The van der Waals surface area contributed by atoms with Crippen molar-refractivity contribution in [2.75, 3.05) is 13.1 Å². The molecule has 1 aliphatic heterocycles. The number of unbranched alkanes of at least 4 members (excludes halogenated alkanes) is 9. The van der Waals surface area contributed by atoms with Crippen molar-refractivity contribution in [3.8, 4) is 0 Å². The number of carbonyl (C=O) groups excluding carboxylic acids is 2. The van der Waals surface area contributed by atoms with E-state index in [4.69, 9.17) is 4.74 Å². The highest BCUT2D eigenvalue weighted by molar-refractivity contribution is 5.87. The molecule has 1 saturated heterocycles. The molecule has 0 radical (unpaired) electrons. The zero-order chi connectivity index (χ0) is 19.4. The normalized spacial score (nSPS) is 16.9. The van der Waals surface area contributed by atoms with Crippen LogP contribution >= 0.6 is 0 Å². The van der Waals surface area contributed by atoms with E-state index in [0.29, 0.717) is 13.1 Å². The summed E-state index contributed by atoms with van der Waals surface area (Å²) in [5.41, 5.74) is -0.524. The molecule has 1 N–H and O–H groups in total. The van der Waals surface area contributed by atoms with Gasteiger partial charge in [0.15, 0.2) is 0 Å². The van der Waals surface area contributed by atoms with Crippen LogP contribution in [-0.4, -0.2) is 41.6 Å². The second-order valence-corrected chi connectivity index (χ2v) is 8.45. The van der Waals surface area contributed by atoms with E-state index in [1.807, 2.05) is 20.8 Å². The van der Waals surface area contributed by atoms with Crippen LogP contribution in [0, 0.1) is 0 Å². The van der Waals surface area contributed by atoms with Crippen molar-refractivity contribution in [2.45, 2.75) is 110 Å². The molecule has 1 rings (SSSR count). The molecule has 26 heavy (non-hydrogen) atoms. The van der Waals surface area contributed by atoms with E-state index in [-0.39, 0.29) is 18.0 Å². The zero-order valence-electron chi connectivity index (χ0n) is 17.4. The number of rotatable bonds is 12. The minimum absolute atomic E-state index is 0.0435. The molecular weight excluding hydrogens is 328 g/mol. The first kappa shape index (κ1) is 22.8. The van der Waals surface area contributed by atoms with E-state index >= 15 is 0 Å². The third-order valence-electron chi connectivity index (χ3n) is 4.78. The fraction of sp³-hybridized carbons (Fsp3) is 0.905. The summed E-state index contributed by atoms with van der Waals surface area (Å²) in [6.07, 6.45) is 13.2. The number of carbonyl (C=O) groups is 2. The number of nitrogens with one attached hydrogen (secondary N) is 1. The lowest BCUT2D eigenvalue weighted by atomic mass is 10.0. The maximum absolute atomic E-state index is 12.2. The van der Waals surface area contributed by atoms with Gasteiger partial charge in [-0.2, -0.15) is 0 Å². The second kappa shape index (κ2) is 12.2. The average molecular weight is 369 g/mol. The third-order valence-corrected chi connectivity index (χ3v) is 4.78. The van der Waals surface area contributed by atoms with Crippen LogP contribution in [0.3, 0.4) is 0 Å². The Labute approximate surface area is 160 Å². The topological polar surface area (TPSA) is 58.6 Å². The Kier molecular flexibility index (Phi) is 10.7. The molecule has 0 bridgehead atoms. The van der Waals surface area contributed by atoms with Crippen LogP contribution in [0.25, 0.3) is 0 Å². The van der Waals surface area contributed by atoms with E-state index in [9.17, 15) is 9.59 Å². The lowest BCUT2D eigenvalue weighted by Gasteiger charge is -2.40. The predicted molar refractivity (Wildman–Crippen MR) is 106 cm³/mol. The Bertz CT molecular complexity index is 418. The molecule has 1 unspecified atom stereocenters. The Hall–Kier alpha value is -1.26. The van der Waals surface area contributed by atoms with Gasteiger partial charge in [-0.25, -0.2) is 4.79 Å². The van der Waals surface area contributed by atoms with Crippen LogP contribution in [0.5, 0.6) is 0 Å². The fourth-order valence-corrected chi connectivity index (χ4v) is 3.14. The number of ether oxygens (including phenoxy) is 1. The molecule has 1 aliphatic rings. The highest BCUT2D eigenvalue weighted by Crippen LogP contribution is 2.21. The predicted octanol–water partition coefficient (Wildman–Crippen LogP) is 5.03. The van der Waals surface area contributed by atoms with Crippen LogP contribution in [0.2, 0.25) is 0 Å². The number of likely N-dealkylation sites (tertiary alicyclic amines) is 1. The molecule has 1 heterocycles. The lowest BCUT2D eigenvalue weighted by Crippen LogP contribution is -2.59. The zero-order valence-corrected chi connectivity index (χ0v) is 17.4. The van der Waals surface area contributed by atoms with Gasteiger partial charge in [0, 0.05) is 13.1 Å². The maximum Gasteiger partial charge on any atom is 0.410 e. The average Bonchev–Trinajstić information content (AvgIpc) is 2.49. The van der Waals surface area contributed by atoms with Crippen LogP contribution < -0.4 is 5.32 Å². The summed E-state index contributed by atoms with van der Waals surface area (Å²) in [5.74, 6) is -0.0435. The largest absolute Gasteiger partial charge is 0.444 e. The van der Waals surface area contributed by atoms with Gasteiger partial charge in [0.2, 0.25) is 5.91 Å². The quantitative estimate of drug-likeness (QED) is 0.491. The highest BCUT2D eigenvalue weighted by atomic mass is 16.6. The molecule has 5 heteroatoms. The minimum Gasteiger partial charge on any atom is -0.444 e. The second-order valence-electron chi connectivity index (χ2n) is 8.45. The van der Waals surface area contributed by atoms with E-state index in [1.54, 1.807) is 0 Å². The molecule has 5 nitrogen and oxygen atoms in total. The summed E-state index contributed by atoms with van der Waals surface area (Å²) >= 11 is 0. The molecule has 0 aromatic heterocycles. The summed E-state index contributed by atoms with van der Waals surface area (Å²) in [6, 6.07) is -0.354. The van der Waals surface area contributed by atoms with E-state index in [0.717, 1.165) is 19.3 Å². The highest BCUT2D eigenvalue weighted by Gasteiger charge is 2.39. The molecule has 0 aromatic rings. The van der Waals surface area contributed by atoms with Crippen LogP contribution in [-0.2, 0) is 9.53 Å². The maximum atomic E-state index is 12.2. The van der Waals surface area contributed by atoms with Crippen LogP contribution in [0.4, 0.5) is 4.79 Å². The number of hydrogen-bond acceptors (Lipinski definition) is 3. The number of amides is 2. The van der Waals surface area contributed by atoms with Gasteiger partial charge in [-0.3, -0.25) is 9.69 Å². The summed E-state index contributed by atoms with van der Waals surface area (Å²) in [5, 5.41) is 2.97. The first-order chi connectivity index (χ1) is 12.3. The van der Waals surface area contributed by atoms with Gasteiger partial charge >= 0.3 is 6.09 Å². The van der Waals surface area contributed by atoms with E-state index < -0.39 is 5.60 Å². The van der Waals surface area contributed by atoms with Crippen molar-refractivity contribution >= 4 is 12.0 Å². The molecule has 0 spiro atoms. The third kappa shape index (κ3) is 9.44. The first-order valence-electron chi connectivity index (χ1n) is 10.6. The summed E-state index contributed by atoms with van der Waals surface area (Å²) in [7, 11) is 0. The van der Waals surface area contributed by atoms with E-state index in [1.165, 1.54) is 56.3 Å². The van der Waals surface area contributed by atoms with Crippen LogP contribution in [0.1, 0.15) is 98.3 Å². The molecule has 0 saturated carbocycles. The Morgan fingerprint density at radius 1 is 0.962 bits per heavy atom. The Morgan fingerprint density at radius 3 is 1.96 bits per heavy atom. The smallest absolute Gasteiger partial charge is 0.410 e. The standard InChI is InChI=1S/C21H40N2O3/c1-5-6-7-8-9-10-11-12-13-14-16-22-19(24)18-15-17-23(18)20(25)26-21(2,3)4/h18H,5-17H2,1-4H3,(H,22,24). The van der Waals surface area contributed by atoms with Crippen molar-refractivity contribution in [3.05, 3.63) is 0 Å². The van der Waals surface area contributed by atoms with E-state index in [2.05, 4.69) is 12.2 Å². The Balaban J connectivity index is 2.02. The molecule has 0 aliphatic carbocycles. The van der Waals surface area contributed by atoms with Gasteiger partial charge in [0.1, 0.15) is 11.6 Å². The molecule has 0 aromatic carbocycles. The van der Waals surface area contributed by atoms with Crippen LogP contribution in [0.15, 0.2) is 0 Å². The Morgan fingerprint density at radius 2 is 1.50 bits per heavy atom. The minimum atomic E-state index is -0.524. The van der Waals surface area contributed by atoms with Gasteiger partial charge in [0.05, 0.1) is 0 Å². The molecule has 1 atom stereocenters. The van der Waals surface area contributed by atoms with Crippen molar-refractivity contribution in [1.29, 1.82) is 0 Å². The number of hydrogen-bond donors (Lipinski definition) is 1. The lowest BCUT2D eigenvalue weighted by molar-refractivity contribution is -0.130. The SMILES string of the molecule is CCCCCCCCCCCCNC(=O)C1CCN1C(=O)OC(C)(C)C.